The van der Waals surface area contributed by atoms with E-state index in [2.05, 4.69) is 11.6 Å². The van der Waals surface area contributed by atoms with Gasteiger partial charge in [-0.15, -0.1) is 0 Å². The van der Waals surface area contributed by atoms with Crippen molar-refractivity contribution in [2.24, 2.45) is 0 Å². The Morgan fingerprint density at radius 2 is 1.53 bits per heavy atom. The minimum Gasteiger partial charge on any atom is -0.224 e. The Labute approximate surface area is 111 Å². The van der Waals surface area contributed by atoms with Gasteiger partial charge in [0.15, 0.2) is 0 Å². The molecule has 0 unspecified atom stereocenters. The van der Waals surface area contributed by atoms with Crippen molar-refractivity contribution in [1.29, 1.82) is 0 Å². The third kappa shape index (κ3) is 2.87. The number of rotatable bonds is 2. The third-order valence-corrected chi connectivity index (χ3v) is 2.90. The summed E-state index contributed by atoms with van der Waals surface area (Å²) in [6.07, 6.45) is 0. The van der Waals surface area contributed by atoms with Gasteiger partial charge in [-0.2, -0.15) is 0 Å². The monoisotopic (exact) mass is 263 g/mol. The normalized spacial score (nSPS) is 10.3. The Kier molecular flexibility index (Phi) is 3.51. The van der Waals surface area contributed by atoms with E-state index in [0.29, 0.717) is 10.3 Å². The Balaban J connectivity index is 2.40. The van der Waals surface area contributed by atoms with Crippen LogP contribution in [0.2, 0.25) is 10.3 Å². The first-order chi connectivity index (χ1) is 8.06. The van der Waals surface area contributed by atoms with Crippen LogP contribution in [-0.2, 0) is 0 Å². The van der Waals surface area contributed by atoms with Gasteiger partial charge in [-0.1, -0.05) is 59.6 Å². The summed E-state index contributed by atoms with van der Waals surface area (Å²) in [5, 5.41) is 0.751. The van der Waals surface area contributed by atoms with Gasteiger partial charge in [0.05, 0.1) is 0 Å². The molecule has 17 heavy (non-hydrogen) atoms. The number of benzene rings is 1. The van der Waals surface area contributed by atoms with Crippen molar-refractivity contribution in [3.05, 3.63) is 70.0 Å². The van der Waals surface area contributed by atoms with E-state index in [1.165, 1.54) is 5.56 Å². The van der Waals surface area contributed by atoms with Gasteiger partial charge in [0, 0.05) is 0 Å². The molecule has 0 saturated heterocycles. The largest absolute Gasteiger partial charge is 0.224 e. The Bertz CT molecular complexity index is 539. The van der Waals surface area contributed by atoms with Crippen LogP contribution in [-0.4, -0.2) is 4.98 Å². The Hall–Kier alpha value is -1.31. The zero-order valence-electron chi connectivity index (χ0n) is 9.37. The molecule has 0 amide bonds. The second-order valence-corrected chi connectivity index (χ2v) is 4.62. The van der Waals surface area contributed by atoms with Crippen LogP contribution in [0.4, 0.5) is 0 Å². The fraction of sp³-hybridized carbons (Fsp3) is 0.0714. The minimum absolute atomic E-state index is 0.376. The molecule has 86 valence electrons. The first-order valence-electron chi connectivity index (χ1n) is 5.15. The Morgan fingerprint density at radius 3 is 2.06 bits per heavy atom. The number of aryl methyl sites for hydroxylation is 1. The fourth-order valence-corrected chi connectivity index (χ4v) is 2.02. The lowest BCUT2D eigenvalue weighted by molar-refractivity contribution is 1.31. The molecule has 3 heteroatoms. The van der Waals surface area contributed by atoms with Crippen LogP contribution in [0.3, 0.4) is 0 Å². The van der Waals surface area contributed by atoms with Crippen molar-refractivity contribution in [3.8, 4) is 0 Å². The standard InChI is InChI=1S/C14H11Cl2N/c1-9-3-5-11(6-4-9)10(2)12-7-13(15)17-14(16)8-12/h3-8H,2H2,1H3. The maximum Gasteiger partial charge on any atom is 0.131 e. The number of halogens is 2. The van der Waals surface area contributed by atoms with E-state index in [-0.39, 0.29) is 0 Å². The molecule has 0 atom stereocenters. The van der Waals surface area contributed by atoms with Crippen molar-refractivity contribution in [3.63, 3.8) is 0 Å². The topological polar surface area (TPSA) is 12.9 Å². The van der Waals surface area contributed by atoms with Gasteiger partial charge in [0.2, 0.25) is 0 Å². The third-order valence-electron chi connectivity index (χ3n) is 2.51. The summed E-state index contributed by atoms with van der Waals surface area (Å²) >= 11 is 11.7. The molecule has 0 spiro atoms. The van der Waals surface area contributed by atoms with Gasteiger partial charge < -0.3 is 0 Å². The molecule has 0 fully saturated rings. The summed E-state index contributed by atoms with van der Waals surface area (Å²) in [5.41, 5.74) is 4.04. The van der Waals surface area contributed by atoms with Crippen molar-refractivity contribution in [2.75, 3.05) is 0 Å². The number of aromatic nitrogens is 1. The summed E-state index contributed by atoms with van der Waals surface area (Å²) in [7, 11) is 0. The highest BCUT2D eigenvalue weighted by molar-refractivity contribution is 6.32. The number of nitrogens with zero attached hydrogens (tertiary/aromatic N) is 1. The maximum absolute atomic E-state index is 5.87. The molecule has 0 aliphatic heterocycles. The highest BCUT2D eigenvalue weighted by atomic mass is 35.5. The summed E-state index contributed by atoms with van der Waals surface area (Å²) in [4.78, 5) is 3.91. The van der Waals surface area contributed by atoms with E-state index < -0.39 is 0 Å². The van der Waals surface area contributed by atoms with Crippen molar-refractivity contribution in [2.45, 2.75) is 6.92 Å². The second kappa shape index (κ2) is 4.91. The minimum atomic E-state index is 0.376. The predicted molar refractivity (Wildman–Crippen MR) is 73.6 cm³/mol. The molecule has 0 N–H and O–H groups in total. The molecular weight excluding hydrogens is 253 g/mol. The van der Waals surface area contributed by atoms with Gasteiger partial charge in [0.25, 0.3) is 0 Å². The number of hydrogen-bond acceptors (Lipinski definition) is 1. The van der Waals surface area contributed by atoms with Crippen LogP contribution < -0.4 is 0 Å². The fourth-order valence-electron chi connectivity index (χ4n) is 1.56. The molecule has 2 aromatic rings. The van der Waals surface area contributed by atoms with E-state index in [1.54, 1.807) is 12.1 Å². The lowest BCUT2D eigenvalue weighted by Gasteiger charge is -2.07. The Morgan fingerprint density at radius 1 is 1.00 bits per heavy atom. The molecule has 0 bridgehead atoms. The average molecular weight is 264 g/mol. The van der Waals surface area contributed by atoms with Crippen LogP contribution >= 0.6 is 23.2 Å². The maximum atomic E-state index is 5.87. The van der Waals surface area contributed by atoms with E-state index in [1.807, 2.05) is 31.2 Å². The van der Waals surface area contributed by atoms with E-state index >= 15 is 0 Å². The molecule has 0 radical (unpaired) electrons. The molecule has 1 aromatic heterocycles. The van der Waals surface area contributed by atoms with Crippen LogP contribution in [0, 0.1) is 6.92 Å². The van der Waals surface area contributed by atoms with Gasteiger partial charge in [-0.05, 0) is 35.8 Å². The molecule has 0 saturated carbocycles. The average Bonchev–Trinajstić information content (AvgIpc) is 2.28. The summed E-state index contributed by atoms with van der Waals surface area (Å²) in [5.74, 6) is 0. The lowest BCUT2D eigenvalue weighted by Crippen LogP contribution is -1.88. The summed E-state index contributed by atoms with van der Waals surface area (Å²) in [6.45, 7) is 6.11. The number of hydrogen-bond donors (Lipinski definition) is 0. The van der Waals surface area contributed by atoms with Gasteiger partial charge in [-0.3, -0.25) is 0 Å². The van der Waals surface area contributed by atoms with Crippen molar-refractivity contribution < 1.29 is 0 Å². The van der Waals surface area contributed by atoms with E-state index in [0.717, 1.165) is 16.7 Å². The molecule has 1 aromatic carbocycles. The zero-order valence-corrected chi connectivity index (χ0v) is 10.9. The van der Waals surface area contributed by atoms with Crippen LogP contribution in [0.25, 0.3) is 5.57 Å². The first-order valence-corrected chi connectivity index (χ1v) is 5.91. The molecule has 1 nitrogen and oxygen atoms in total. The lowest BCUT2D eigenvalue weighted by atomic mass is 10.00. The van der Waals surface area contributed by atoms with Crippen LogP contribution in [0.1, 0.15) is 16.7 Å². The van der Waals surface area contributed by atoms with Crippen molar-refractivity contribution in [1.82, 2.24) is 4.98 Å². The van der Waals surface area contributed by atoms with E-state index in [9.17, 15) is 0 Å². The predicted octanol–water partition coefficient (Wildman–Crippen LogP) is 4.76. The SMILES string of the molecule is C=C(c1ccc(C)cc1)c1cc(Cl)nc(Cl)c1. The van der Waals surface area contributed by atoms with Gasteiger partial charge in [0.1, 0.15) is 10.3 Å². The quantitative estimate of drug-likeness (QED) is 0.713. The van der Waals surface area contributed by atoms with Crippen LogP contribution in [0.15, 0.2) is 43.0 Å². The van der Waals surface area contributed by atoms with E-state index in [4.69, 9.17) is 23.2 Å². The summed E-state index contributed by atoms with van der Waals surface area (Å²) < 4.78 is 0. The number of pyridine rings is 1. The molecule has 2 rings (SSSR count). The zero-order chi connectivity index (χ0) is 12.4. The molecule has 1 heterocycles. The summed E-state index contributed by atoms with van der Waals surface area (Å²) in [6, 6.07) is 11.7. The highest BCUT2D eigenvalue weighted by Gasteiger charge is 2.05. The van der Waals surface area contributed by atoms with Gasteiger partial charge in [-0.25, -0.2) is 4.98 Å². The van der Waals surface area contributed by atoms with Crippen LogP contribution in [0.5, 0.6) is 0 Å². The molecule has 0 aliphatic carbocycles. The first kappa shape index (κ1) is 12.2. The molecular formula is C14H11Cl2N. The second-order valence-electron chi connectivity index (χ2n) is 3.85. The van der Waals surface area contributed by atoms with Gasteiger partial charge >= 0.3 is 0 Å². The molecule has 0 aliphatic rings. The highest BCUT2D eigenvalue weighted by Crippen LogP contribution is 2.25. The van der Waals surface area contributed by atoms with Crippen molar-refractivity contribution >= 4 is 28.8 Å². The smallest absolute Gasteiger partial charge is 0.131 e.